The van der Waals surface area contributed by atoms with E-state index < -0.39 is 97.5 Å². The van der Waals surface area contributed by atoms with Crippen LogP contribution in [0.4, 0.5) is 0 Å². The Labute approximate surface area is 658 Å². The van der Waals surface area contributed by atoms with E-state index in [1.165, 1.54) is 302 Å². The average molecular weight is 1560 g/mol. The van der Waals surface area contributed by atoms with Crippen LogP contribution < -0.4 is 0 Å². The molecule has 19 heteroatoms. The second kappa shape index (κ2) is 80.7. The third-order valence-corrected chi connectivity index (χ3v) is 22.7. The SMILES string of the molecule is CCCCCCCCCCCCCCCCCCCCCCC(=O)OC[C@H](COP(=O)(O)OC[C@@H](O)COP(=O)(O)OC[C@@H](COC(=O)CCCCCCCCCCCCCCC)OC(=O)CCCCCCCCCCCCCC(C)C)OC(=O)CCCCCCCCCCCCCCCCCCCCCC. The van der Waals surface area contributed by atoms with E-state index >= 15 is 0 Å². The third kappa shape index (κ3) is 81.9. The molecule has 0 fully saturated rings. The van der Waals surface area contributed by atoms with Crippen LogP contribution in [0, 0.1) is 5.92 Å². The largest absolute Gasteiger partial charge is 0.472 e. The highest BCUT2D eigenvalue weighted by molar-refractivity contribution is 7.47. The number of phosphoric acid groups is 2. The van der Waals surface area contributed by atoms with Gasteiger partial charge in [0.15, 0.2) is 12.2 Å². The minimum absolute atomic E-state index is 0.107. The summed E-state index contributed by atoms with van der Waals surface area (Å²) in [7, 11) is -9.93. The molecule has 5 atom stereocenters. The lowest BCUT2D eigenvalue weighted by molar-refractivity contribution is -0.161. The standard InChI is InChI=1S/C88H172O17P2/c1-6-9-12-15-18-21-24-27-29-31-33-35-37-39-42-47-52-57-62-67-72-86(91)99-77-83(104-87(92)73-68-63-58-53-48-43-40-38-36-34-32-30-28-25-22-19-16-13-10-7-2)79-102-106(94,95)100-75-82(89)76-101-107(96,97)103-80-84(78-98-85(90)71-66-61-56-51-46-41-26-23-20-17-14-11-8-3)105-88(93)74-69-64-59-54-49-44-45-50-55-60-65-70-81(4)5/h81-84,89H,6-80H2,1-5H3,(H,94,95)(H,96,97)/t82-,83-,84-/m1/s1. The molecule has 3 N–H and O–H groups in total. The van der Waals surface area contributed by atoms with Crippen molar-refractivity contribution in [2.75, 3.05) is 39.6 Å². The molecule has 0 aromatic carbocycles. The van der Waals surface area contributed by atoms with E-state index in [9.17, 15) is 43.2 Å². The van der Waals surface area contributed by atoms with Crippen LogP contribution in [0.1, 0.15) is 478 Å². The number of phosphoric ester groups is 2. The molecule has 0 aliphatic carbocycles. The number of hydrogen-bond acceptors (Lipinski definition) is 15. The highest BCUT2D eigenvalue weighted by Crippen LogP contribution is 2.45. The minimum Gasteiger partial charge on any atom is -0.462 e. The fourth-order valence-electron chi connectivity index (χ4n) is 13.8. The van der Waals surface area contributed by atoms with Crippen molar-refractivity contribution in [3.63, 3.8) is 0 Å². The van der Waals surface area contributed by atoms with Crippen molar-refractivity contribution in [3.8, 4) is 0 Å². The van der Waals surface area contributed by atoms with Crippen molar-refractivity contribution < 1.29 is 80.2 Å². The van der Waals surface area contributed by atoms with Gasteiger partial charge >= 0.3 is 39.5 Å². The number of carbonyl (C=O) groups excluding carboxylic acids is 4. The Kier molecular flexibility index (Phi) is 79.2. The number of aliphatic hydroxyl groups is 1. The van der Waals surface area contributed by atoms with Gasteiger partial charge in [0.25, 0.3) is 0 Å². The van der Waals surface area contributed by atoms with Gasteiger partial charge in [-0.2, -0.15) is 0 Å². The maximum atomic E-state index is 13.2. The zero-order valence-corrected chi connectivity index (χ0v) is 72.1. The van der Waals surface area contributed by atoms with Gasteiger partial charge in [-0.15, -0.1) is 0 Å². The predicted molar refractivity (Wildman–Crippen MR) is 442 cm³/mol. The number of carbonyl (C=O) groups is 4. The summed E-state index contributed by atoms with van der Waals surface area (Å²) in [6.07, 6.45) is 75.0. The predicted octanol–water partition coefficient (Wildman–Crippen LogP) is 27.2. The van der Waals surface area contributed by atoms with Gasteiger partial charge in [0.1, 0.15) is 19.3 Å². The molecular formula is C88H172O17P2. The molecule has 0 saturated heterocycles. The quantitative estimate of drug-likeness (QED) is 0.0222. The minimum atomic E-state index is -4.97. The van der Waals surface area contributed by atoms with E-state index in [-0.39, 0.29) is 25.7 Å². The van der Waals surface area contributed by atoms with Crippen LogP contribution in [0.2, 0.25) is 0 Å². The third-order valence-electron chi connectivity index (χ3n) is 20.8. The molecule has 2 unspecified atom stereocenters. The number of esters is 4. The summed E-state index contributed by atoms with van der Waals surface area (Å²) in [6.45, 7) is 7.38. The molecule has 0 amide bonds. The number of rotatable bonds is 88. The Morgan fingerprint density at radius 3 is 0.636 bits per heavy atom. The summed E-state index contributed by atoms with van der Waals surface area (Å²) >= 11 is 0. The van der Waals surface area contributed by atoms with Crippen molar-refractivity contribution in [3.05, 3.63) is 0 Å². The topological polar surface area (TPSA) is 237 Å². The molecule has 0 spiro atoms. The summed E-state index contributed by atoms with van der Waals surface area (Å²) in [5.74, 6) is -1.33. The van der Waals surface area contributed by atoms with Gasteiger partial charge in [-0.3, -0.25) is 37.3 Å². The van der Waals surface area contributed by atoms with E-state index in [0.29, 0.717) is 25.7 Å². The zero-order chi connectivity index (χ0) is 78.3. The van der Waals surface area contributed by atoms with Gasteiger partial charge in [0.05, 0.1) is 26.4 Å². The molecular weight excluding hydrogens is 1390 g/mol. The van der Waals surface area contributed by atoms with Crippen LogP contribution in [-0.2, 0) is 65.4 Å². The molecule has 0 aliphatic rings. The first kappa shape index (κ1) is 105. The van der Waals surface area contributed by atoms with E-state index in [2.05, 4.69) is 34.6 Å². The number of hydrogen-bond donors (Lipinski definition) is 3. The van der Waals surface area contributed by atoms with E-state index in [1.807, 2.05) is 0 Å². The average Bonchev–Trinajstić information content (AvgIpc) is 0.913. The van der Waals surface area contributed by atoms with E-state index in [1.54, 1.807) is 0 Å². The monoisotopic (exact) mass is 1560 g/mol. The Morgan fingerprint density at radius 2 is 0.430 bits per heavy atom. The van der Waals surface area contributed by atoms with Crippen molar-refractivity contribution >= 4 is 39.5 Å². The lowest BCUT2D eigenvalue weighted by Crippen LogP contribution is -2.30. The maximum absolute atomic E-state index is 13.2. The van der Waals surface area contributed by atoms with Crippen molar-refractivity contribution in [2.24, 2.45) is 5.92 Å². The van der Waals surface area contributed by atoms with E-state index in [0.717, 1.165) is 95.8 Å². The van der Waals surface area contributed by atoms with Crippen molar-refractivity contribution in [1.82, 2.24) is 0 Å². The fraction of sp³-hybridized carbons (Fsp3) is 0.955. The molecule has 0 heterocycles. The smallest absolute Gasteiger partial charge is 0.462 e. The second-order valence-corrected chi connectivity index (χ2v) is 35.0. The fourth-order valence-corrected chi connectivity index (χ4v) is 15.4. The van der Waals surface area contributed by atoms with Crippen LogP contribution in [-0.4, -0.2) is 96.7 Å². The summed E-state index contributed by atoms with van der Waals surface area (Å²) in [5.41, 5.74) is 0. The molecule has 0 bridgehead atoms. The number of unbranched alkanes of at least 4 members (excludes halogenated alkanes) is 60. The highest BCUT2D eigenvalue weighted by Gasteiger charge is 2.30. The first-order chi connectivity index (χ1) is 52.0. The lowest BCUT2D eigenvalue weighted by Gasteiger charge is -2.21. The normalized spacial score (nSPS) is 13.7. The summed E-state index contributed by atoms with van der Waals surface area (Å²) in [6, 6.07) is 0. The van der Waals surface area contributed by atoms with Gasteiger partial charge in [0.2, 0.25) is 0 Å². The summed E-state index contributed by atoms with van der Waals surface area (Å²) < 4.78 is 69.0. The molecule has 636 valence electrons. The van der Waals surface area contributed by atoms with Gasteiger partial charge in [-0.1, -0.05) is 426 Å². The van der Waals surface area contributed by atoms with Crippen LogP contribution in [0.3, 0.4) is 0 Å². The molecule has 107 heavy (non-hydrogen) atoms. The molecule has 0 radical (unpaired) electrons. The molecule has 0 rings (SSSR count). The Bertz CT molecular complexity index is 2030. The molecule has 0 saturated carbocycles. The van der Waals surface area contributed by atoms with Crippen LogP contribution >= 0.6 is 15.6 Å². The first-order valence-electron chi connectivity index (χ1n) is 45.6. The maximum Gasteiger partial charge on any atom is 0.472 e. The molecule has 17 nitrogen and oxygen atoms in total. The first-order valence-corrected chi connectivity index (χ1v) is 48.6. The number of aliphatic hydroxyl groups excluding tert-OH is 1. The Morgan fingerprint density at radius 1 is 0.252 bits per heavy atom. The van der Waals surface area contributed by atoms with Gasteiger partial charge < -0.3 is 33.8 Å². The lowest BCUT2D eigenvalue weighted by atomic mass is 10.0. The molecule has 0 aromatic rings. The van der Waals surface area contributed by atoms with Crippen LogP contribution in [0.5, 0.6) is 0 Å². The molecule has 0 aromatic heterocycles. The van der Waals surface area contributed by atoms with Gasteiger partial charge in [-0.25, -0.2) is 9.13 Å². The Hall–Kier alpha value is -1.94. The van der Waals surface area contributed by atoms with E-state index in [4.69, 9.17) is 37.0 Å². The molecule has 0 aliphatic heterocycles. The second-order valence-electron chi connectivity index (χ2n) is 32.1. The summed E-state index contributed by atoms with van der Waals surface area (Å²) in [4.78, 5) is 73.3. The highest BCUT2D eigenvalue weighted by atomic mass is 31.2. The van der Waals surface area contributed by atoms with Gasteiger partial charge in [-0.05, 0) is 31.6 Å². The van der Waals surface area contributed by atoms with Gasteiger partial charge in [0, 0.05) is 25.7 Å². The zero-order valence-electron chi connectivity index (χ0n) is 70.3. The van der Waals surface area contributed by atoms with Crippen molar-refractivity contribution in [2.45, 2.75) is 496 Å². The number of ether oxygens (including phenoxy) is 4. The summed E-state index contributed by atoms with van der Waals surface area (Å²) in [5, 5.41) is 10.7. The van der Waals surface area contributed by atoms with Crippen molar-refractivity contribution in [1.29, 1.82) is 0 Å². The Balaban J connectivity index is 5.24. The van der Waals surface area contributed by atoms with Crippen LogP contribution in [0.15, 0.2) is 0 Å². The van der Waals surface area contributed by atoms with Crippen LogP contribution in [0.25, 0.3) is 0 Å².